The average Bonchev–Trinajstić information content (AvgIpc) is 2.56. The fourth-order valence-corrected chi connectivity index (χ4v) is 2.34. The van der Waals surface area contributed by atoms with Gasteiger partial charge in [0.15, 0.2) is 0 Å². The monoisotopic (exact) mass is 303 g/mol. The summed E-state index contributed by atoms with van der Waals surface area (Å²) in [6.45, 7) is 12.3. The first kappa shape index (κ1) is 16.9. The van der Waals surface area contributed by atoms with Gasteiger partial charge in [-0.1, -0.05) is 0 Å². The zero-order valence-corrected chi connectivity index (χ0v) is 14.0. The van der Waals surface area contributed by atoms with Crippen LogP contribution in [0.5, 0.6) is 0 Å². The first-order valence-corrected chi connectivity index (χ1v) is 7.82. The van der Waals surface area contributed by atoms with E-state index in [1.165, 1.54) is 0 Å². The van der Waals surface area contributed by atoms with Gasteiger partial charge >= 0.3 is 139 Å². The number of hydrogen-bond donors (Lipinski definition) is 1. The van der Waals surface area contributed by atoms with Crippen molar-refractivity contribution in [2.75, 3.05) is 5.32 Å². The van der Waals surface area contributed by atoms with Crippen molar-refractivity contribution in [2.45, 2.75) is 20.8 Å². The van der Waals surface area contributed by atoms with Gasteiger partial charge in [-0.2, -0.15) is 0 Å². The van der Waals surface area contributed by atoms with Crippen molar-refractivity contribution in [3.05, 3.63) is 77.7 Å². The molecule has 0 atom stereocenters. The van der Waals surface area contributed by atoms with Gasteiger partial charge < -0.3 is 0 Å². The molecule has 1 amide bonds. The van der Waals surface area contributed by atoms with Gasteiger partial charge in [0.1, 0.15) is 0 Å². The molecule has 3 heteroatoms. The van der Waals surface area contributed by atoms with Crippen molar-refractivity contribution in [1.82, 2.24) is 0 Å². The predicted molar refractivity (Wildman–Crippen MR) is 99.4 cm³/mol. The molecule has 0 aliphatic heterocycles. The van der Waals surface area contributed by atoms with Gasteiger partial charge in [0, 0.05) is 0 Å². The third-order valence-corrected chi connectivity index (χ3v) is 3.94. The Labute approximate surface area is 139 Å². The van der Waals surface area contributed by atoms with Crippen LogP contribution in [0.3, 0.4) is 0 Å². The minimum absolute atomic E-state index is 0.115. The van der Waals surface area contributed by atoms with Crippen molar-refractivity contribution in [3.63, 3.8) is 0 Å². The molecule has 0 fully saturated rings. The summed E-state index contributed by atoms with van der Waals surface area (Å²) in [6.07, 6.45) is 0. The molecule has 0 aliphatic rings. The van der Waals surface area contributed by atoms with Gasteiger partial charge in [-0.05, 0) is 0 Å². The maximum atomic E-state index is 12.8. The Balaban J connectivity index is 2.38. The fraction of sp³-hybridized carbons (Fsp3) is 0.200. The number of benzene rings is 1. The van der Waals surface area contributed by atoms with E-state index in [2.05, 4.69) is 25.7 Å². The van der Waals surface area contributed by atoms with E-state index in [-0.39, 0.29) is 11.8 Å². The van der Waals surface area contributed by atoms with Gasteiger partial charge in [-0.25, -0.2) is 0 Å². The van der Waals surface area contributed by atoms with Crippen molar-refractivity contribution in [3.8, 4) is 0 Å². The fourth-order valence-electron chi connectivity index (χ4n) is 2.34. The van der Waals surface area contributed by atoms with Crippen molar-refractivity contribution in [1.29, 1.82) is 0 Å². The normalized spacial score (nSPS) is 11.7. The van der Waals surface area contributed by atoms with Crippen LogP contribution in [-0.2, 0) is 4.79 Å². The molecule has 1 heterocycles. The molecule has 116 valence electrons. The van der Waals surface area contributed by atoms with Gasteiger partial charge in [0.25, 0.3) is 0 Å². The number of anilines is 1. The number of carbonyl (C=O) groups excluding carboxylic acids is 1. The number of allylic oxidation sites excluding steroid dienone is 1. The molecule has 0 bridgehead atoms. The number of hydrogen-bond acceptors (Lipinski definition) is 1. The number of rotatable bonds is 5. The summed E-state index contributed by atoms with van der Waals surface area (Å²) in [5.41, 5.74) is 4.20. The van der Waals surface area contributed by atoms with Crippen LogP contribution < -0.4 is 5.32 Å². The topological polar surface area (TPSA) is 29.1 Å². The molecule has 0 saturated carbocycles. The van der Waals surface area contributed by atoms with Crippen LogP contribution in [0.4, 0.5) is 5.69 Å². The number of nitrogens with one attached hydrogen (secondary N) is 1. The summed E-state index contributed by atoms with van der Waals surface area (Å²) >= 11 is 0. The Hall–Kier alpha value is -2.42. The summed E-state index contributed by atoms with van der Waals surface area (Å²) in [5, 5.41) is 2.97. The van der Waals surface area contributed by atoms with Crippen LogP contribution in [-0.4, -0.2) is 12.8 Å². The first-order chi connectivity index (χ1) is 11.0. The van der Waals surface area contributed by atoms with E-state index in [1.54, 1.807) is 0 Å². The second-order valence-corrected chi connectivity index (χ2v) is 5.88. The van der Waals surface area contributed by atoms with Crippen LogP contribution in [0.15, 0.2) is 72.2 Å². The maximum absolute atomic E-state index is 12.8. The summed E-state index contributed by atoms with van der Waals surface area (Å²) in [6, 6.07) is 15.4. The van der Waals surface area contributed by atoms with Gasteiger partial charge in [-0.3, -0.25) is 0 Å². The molecular formula is C20H22BNO. The molecule has 2 rings (SSSR count). The predicted octanol–water partition coefficient (Wildman–Crippen LogP) is 4.65. The Morgan fingerprint density at radius 2 is 1.74 bits per heavy atom. The number of amides is 1. The molecule has 1 aromatic carbocycles. The van der Waals surface area contributed by atoms with Crippen molar-refractivity contribution in [2.24, 2.45) is 5.92 Å². The Bertz CT molecular complexity index is 718. The summed E-state index contributed by atoms with van der Waals surface area (Å²) in [5.74, 6) is 2.11. The quantitative estimate of drug-likeness (QED) is 0.632. The first-order valence-electron chi connectivity index (χ1n) is 7.82. The van der Waals surface area contributed by atoms with Crippen LogP contribution in [0, 0.1) is 5.92 Å². The van der Waals surface area contributed by atoms with Gasteiger partial charge in [0.05, 0.1) is 0 Å². The molecule has 0 unspecified atom stereocenters. The molecule has 1 N–H and O–H groups in total. The van der Waals surface area contributed by atoms with E-state index in [4.69, 9.17) is 0 Å². The van der Waals surface area contributed by atoms with Crippen LogP contribution in [0.2, 0.25) is 0 Å². The molecule has 0 spiro atoms. The molecule has 0 radical (unpaired) electrons. The molecule has 0 saturated heterocycles. The molecule has 0 aliphatic carbocycles. The zero-order chi connectivity index (χ0) is 16.8. The van der Waals surface area contributed by atoms with Crippen LogP contribution in [0.1, 0.15) is 26.2 Å². The van der Waals surface area contributed by atoms with E-state index in [0.717, 1.165) is 22.3 Å². The zero-order valence-electron chi connectivity index (χ0n) is 14.0. The number of carbonyl (C=O) groups is 1. The summed E-state index contributed by atoms with van der Waals surface area (Å²) in [7, 11) is 0. The Morgan fingerprint density at radius 1 is 1.09 bits per heavy atom. The van der Waals surface area contributed by atoms with Crippen molar-refractivity contribution >= 4 is 24.1 Å². The van der Waals surface area contributed by atoms with Gasteiger partial charge in [0.2, 0.25) is 0 Å². The third-order valence-electron chi connectivity index (χ3n) is 3.94. The van der Waals surface area contributed by atoms with E-state index in [0.29, 0.717) is 5.57 Å². The minimum atomic E-state index is -0.115. The van der Waals surface area contributed by atoms with E-state index in [9.17, 15) is 4.79 Å². The van der Waals surface area contributed by atoms with Crippen LogP contribution in [0.25, 0.3) is 5.57 Å². The van der Waals surface area contributed by atoms with Crippen LogP contribution >= 0.6 is 0 Å². The van der Waals surface area contributed by atoms with E-state index < -0.39 is 0 Å². The second-order valence-electron chi connectivity index (χ2n) is 5.88. The standard InChI is InChI=1S/C20H22BNO/c1-14(2)15(3)19(16(4)18-12-8-9-13-21-18)20(23)22-17-10-6-5-7-11-17/h5-14H,4H2,1-3H3,(H,22,23)/b19-15-. The molecule has 2 aromatic rings. The van der Waals surface area contributed by atoms with E-state index in [1.807, 2.05) is 68.3 Å². The third kappa shape index (κ3) is 4.29. The van der Waals surface area contributed by atoms with E-state index >= 15 is 0 Å². The Morgan fingerprint density at radius 3 is 2.30 bits per heavy atom. The summed E-state index contributed by atoms with van der Waals surface area (Å²) in [4.78, 5) is 12.8. The SMILES string of the molecule is C=C(/C(C(=O)Nc1ccccc1)=C(\C)C(C)C)c1bcccc1. The molecule has 1 aromatic heterocycles. The molecular weight excluding hydrogens is 281 g/mol. The Kier molecular flexibility index (Phi) is 5.69. The molecule has 2 nitrogen and oxygen atoms in total. The van der Waals surface area contributed by atoms with Crippen molar-refractivity contribution < 1.29 is 4.79 Å². The van der Waals surface area contributed by atoms with Gasteiger partial charge in [-0.15, -0.1) is 0 Å². The average molecular weight is 303 g/mol. The molecule has 23 heavy (non-hydrogen) atoms. The summed E-state index contributed by atoms with van der Waals surface area (Å²) < 4.78 is 0. The second kappa shape index (κ2) is 7.73. The number of para-hydroxylation sites is 1.